The molecular weight excluding hydrogens is 623 g/mol. The van der Waals surface area contributed by atoms with Crippen molar-refractivity contribution in [1.29, 1.82) is 0 Å². The zero-order valence-electron chi connectivity index (χ0n) is 27.0. The zero-order chi connectivity index (χ0) is 30.3. The molecule has 45 heavy (non-hydrogen) atoms. The number of fused-ring (bicyclic) bond motifs is 3. The molecule has 0 aromatic heterocycles. The van der Waals surface area contributed by atoms with Gasteiger partial charge in [-0.05, 0) is 11.1 Å². The molecule has 3 heteroatoms. The Kier molecular flexibility index (Phi) is 13.8. The van der Waals surface area contributed by atoms with Gasteiger partial charge in [-0.15, -0.1) is 46.2 Å². The van der Waals surface area contributed by atoms with Gasteiger partial charge in [0.2, 0.25) is 0 Å². The van der Waals surface area contributed by atoms with Gasteiger partial charge < -0.3 is 24.8 Å². The van der Waals surface area contributed by atoms with Crippen LogP contribution in [0, 0.1) is 6.08 Å². The number of allylic oxidation sites excluding steroid dienone is 4. The maximum absolute atomic E-state index is 2.99. The molecule has 0 N–H and O–H groups in total. The Hall–Kier alpha value is -2.61. The van der Waals surface area contributed by atoms with E-state index in [1.54, 1.807) is 3.81 Å². The molecule has 0 heterocycles. The average molecular weight is 668 g/mol. The summed E-state index contributed by atoms with van der Waals surface area (Å²) in [7, 11) is 0. The van der Waals surface area contributed by atoms with Gasteiger partial charge in [-0.3, -0.25) is 6.08 Å². The molecule has 0 unspecified atom stereocenters. The molecule has 2 aliphatic carbocycles. The van der Waals surface area contributed by atoms with Crippen molar-refractivity contribution in [3.63, 3.8) is 0 Å². The van der Waals surface area contributed by atoms with Crippen LogP contribution in [0.15, 0.2) is 121 Å². The topological polar surface area (TPSA) is 0 Å². The monoisotopic (exact) mass is 666 g/mol. The third-order valence-corrected chi connectivity index (χ3v) is 9.97. The van der Waals surface area contributed by atoms with Crippen LogP contribution in [-0.4, -0.2) is 3.81 Å². The fourth-order valence-electron chi connectivity index (χ4n) is 6.14. The predicted octanol–water partition coefficient (Wildman–Crippen LogP) is 5.35. The molecular formula is C42H44Cl2Ti-2. The molecule has 0 spiro atoms. The maximum atomic E-state index is 2.99. The van der Waals surface area contributed by atoms with Gasteiger partial charge in [0, 0.05) is 10.8 Å². The van der Waals surface area contributed by atoms with Gasteiger partial charge in [0.15, 0.2) is 0 Å². The van der Waals surface area contributed by atoms with E-state index in [2.05, 4.69) is 163 Å². The molecule has 5 aromatic carbocycles. The Morgan fingerprint density at radius 3 is 1.40 bits per heavy atom. The molecule has 0 aliphatic heterocycles. The minimum atomic E-state index is -0.0417. The van der Waals surface area contributed by atoms with Gasteiger partial charge in [0.25, 0.3) is 0 Å². The minimum absolute atomic E-state index is 0. The van der Waals surface area contributed by atoms with E-state index in [9.17, 15) is 0 Å². The Balaban J connectivity index is 0.000000330. The Morgan fingerprint density at radius 1 is 0.600 bits per heavy atom. The van der Waals surface area contributed by atoms with Crippen molar-refractivity contribution in [2.24, 2.45) is 0 Å². The van der Waals surface area contributed by atoms with Gasteiger partial charge in [0.1, 0.15) is 0 Å². The van der Waals surface area contributed by atoms with Crippen LogP contribution in [0.25, 0.3) is 21.5 Å². The summed E-state index contributed by atoms with van der Waals surface area (Å²) in [4.78, 5) is 0. The SMILES string of the molecule is CC(C)(c1ccccc1)c1ccc2[cH-]c3ccc(C(C)(C)c4ccccc4)cc3c2c1.[C-]1=CC=CC1.[Cl-].[Cl-].[Ti+2]=[C]1CCCCC1. The van der Waals surface area contributed by atoms with Crippen LogP contribution < -0.4 is 24.8 Å². The van der Waals surface area contributed by atoms with Gasteiger partial charge >= 0.3 is 55.9 Å². The third-order valence-electron chi connectivity index (χ3n) is 9.19. The number of halogens is 2. The van der Waals surface area contributed by atoms with E-state index in [-0.39, 0.29) is 35.6 Å². The van der Waals surface area contributed by atoms with E-state index >= 15 is 0 Å². The first-order valence-corrected chi connectivity index (χ1v) is 16.6. The van der Waals surface area contributed by atoms with E-state index in [0.717, 1.165) is 6.42 Å². The van der Waals surface area contributed by atoms with E-state index in [0.29, 0.717) is 0 Å². The van der Waals surface area contributed by atoms with Gasteiger partial charge in [-0.1, -0.05) is 124 Å². The molecule has 0 nitrogen and oxygen atoms in total. The molecule has 1 fully saturated rings. The van der Waals surface area contributed by atoms with Gasteiger partial charge in [-0.25, -0.2) is 12.2 Å². The molecule has 2 aliphatic rings. The van der Waals surface area contributed by atoms with Crippen LogP contribution in [0.1, 0.15) is 88.5 Å². The Morgan fingerprint density at radius 2 is 1.07 bits per heavy atom. The summed E-state index contributed by atoms with van der Waals surface area (Å²) < 4.78 is 1.71. The summed E-state index contributed by atoms with van der Waals surface area (Å²) in [6, 6.07) is 37.9. The first-order chi connectivity index (χ1) is 20.8. The van der Waals surface area contributed by atoms with Crippen molar-refractivity contribution in [2.45, 2.75) is 77.0 Å². The standard InChI is InChI=1S/C31H29.C6H10.C5H5.2ClH.Ti/c1-30(2,24-11-7-5-8-12-24)26-17-15-22-19-23-16-18-27(21-29(23)28(22)20-26)31(3,4)25-13-9-6-10-14-25;1-2-4-6-5-3-1;1-2-4-5-3-1;;;/h5-21H,1-4H3;1-5H2;1-3H,4H2;2*1H;/q-1;;-1;;;+2/p-2. The van der Waals surface area contributed by atoms with Crippen molar-refractivity contribution in [3.8, 4) is 0 Å². The van der Waals surface area contributed by atoms with Crippen molar-refractivity contribution in [3.05, 3.63) is 150 Å². The first kappa shape index (κ1) is 36.9. The Bertz CT molecular complexity index is 1600. The van der Waals surface area contributed by atoms with E-state index in [1.807, 2.05) is 12.2 Å². The van der Waals surface area contributed by atoms with Gasteiger partial charge in [0.05, 0.1) is 0 Å². The van der Waals surface area contributed by atoms with E-state index in [1.165, 1.54) is 75.9 Å². The second-order valence-corrected chi connectivity index (χ2v) is 14.0. The first-order valence-electron chi connectivity index (χ1n) is 15.8. The second kappa shape index (κ2) is 16.8. The van der Waals surface area contributed by atoms with Crippen molar-refractivity contribution in [1.82, 2.24) is 0 Å². The molecule has 7 rings (SSSR count). The summed E-state index contributed by atoms with van der Waals surface area (Å²) in [6.07, 6.45) is 17.2. The number of hydrogen-bond donors (Lipinski definition) is 0. The van der Waals surface area contributed by atoms with Crippen LogP contribution in [0.3, 0.4) is 0 Å². The molecule has 5 aromatic rings. The summed E-state index contributed by atoms with van der Waals surface area (Å²) in [6.45, 7) is 9.27. The number of rotatable bonds is 4. The Labute approximate surface area is 295 Å². The number of hydrogen-bond acceptors (Lipinski definition) is 0. The van der Waals surface area contributed by atoms with Crippen LogP contribution in [0.5, 0.6) is 0 Å². The third kappa shape index (κ3) is 9.02. The van der Waals surface area contributed by atoms with E-state index < -0.39 is 0 Å². The molecule has 1 saturated carbocycles. The fraction of sp³-hybridized carbons (Fsp3) is 0.286. The molecule has 0 bridgehead atoms. The molecule has 232 valence electrons. The number of benzene rings is 4. The summed E-state index contributed by atoms with van der Waals surface area (Å²) in [5, 5.41) is 5.33. The zero-order valence-corrected chi connectivity index (χ0v) is 30.1. The summed E-state index contributed by atoms with van der Waals surface area (Å²) >= 11 is 2.28. The molecule has 0 atom stereocenters. The van der Waals surface area contributed by atoms with Crippen LogP contribution >= 0.6 is 0 Å². The van der Waals surface area contributed by atoms with Gasteiger partial charge in [-0.2, -0.15) is 6.08 Å². The van der Waals surface area contributed by atoms with Crippen LogP contribution in [0.4, 0.5) is 0 Å². The van der Waals surface area contributed by atoms with Crippen LogP contribution in [0.2, 0.25) is 0 Å². The summed E-state index contributed by atoms with van der Waals surface area (Å²) in [5.41, 5.74) is 5.31. The van der Waals surface area contributed by atoms with Crippen molar-refractivity contribution < 1.29 is 44.8 Å². The summed E-state index contributed by atoms with van der Waals surface area (Å²) in [5.74, 6) is 0. The van der Waals surface area contributed by atoms with Crippen molar-refractivity contribution in [2.75, 3.05) is 0 Å². The van der Waals surface area contributed by atoms with Crippen molar-refractivity contribution >= 4 is 25.4 Å². The molecule has 0 radical (unpaired) electrons. The normalized spacial score (nSPS) is 14.1. The fourth-order valence-corrected chi connectivity index (χ4v) is 6.69. The molecule has 0 saturated heterocycles. The van der Waals surface area contributed by atoms with E-state index in [4.69, 9.17) is 0 Å². The van der Waals surface area contributed by atoms with Crippen LogP contribution in [-0.2, 0) is 30.8 Å². The average Bonchev–Trinajstić information content (AvgIpc) is 3.74. The quantitative estimate of drug-likeness (QED) is 0.179. The second-order valence-electron chi connectivity index (χ2n) is 12.9. The molecule has 0 amide bonds. The predicted molar refractivity (Wildman–Crippen MR) is 184 cm³/mol.